The molecule has 1 fully saturated rings. The first-order chi connectivity index (χ1) is 8.75. The first kappa shape index (κ1) is 16.0. The van der Waals surface area contributed by atoms with E-state index in [0.717, 1.165) is 25.9 Å². The third-order valence-corrected chi connectivity index (χ3v) is 4.28. The van der Waals surface area contributed by atoms with E-state index in [4.69, 9.17) is 0 Å². The van der Waals surface area contributed by atoms with Gasteiger partial charge in [0.05, 0.1) is 5.41 Å². The number of carbonyl (C=O) groups is 2. The maximum Gasteiger partial charge on any atom is 0.310 e. The van der Waals surface area contributed by atoms with E-state index in [0.29, 0.717) is 0 Å². The number of carboxylic acid groups (broad SMARTS) is 1. The summed E-state index contributed by atoms with van der Waals surface area (Å²) in [5.74, 6) is -1.14. The molecule has 0 spiro atoms. The summed E-state index contributed by atoms with van der Waals surface area (Å²) in [5, 5.41) is 12.3. The summed E-state index contributed by atoms with van der Waals surface area (Å²) in [6.45, 7) is 7.24. The second kappa shape index (κ2) is 6.37. The summed E-state index contributed by atoms with van der Waals surface area (Å²) in [6, 6.07) is 0.149. The van der Waals surface area contributed by atoms with Crippen molar-refractivity contribution in [3.63, 3.8) is 0 Å². The number of carbonyl (C=O) groups excluding carboxylic acids is 1. The van der Waals surface area contributed by atoms with E-state index in [9.17, 15) is 14.7 Å². The van der Waals surface area contributed by atoms with Crippen molar-refractivity contribution in [2.24, 2.45) is 11.3 Å². The monoisotopic (exact) mass is 270 g/mol. The number of piperidine rings is 1. The van der Waals surface area contributed by atoms with Crippen LogP contribution in [0.15, 0.2) is 0 Å². The lowest BCUT2D eigenvalue weighted by atomic mass is 9.76. The average Bonchev–Trinajstić information content (AvgIpc) is 2.27. The zero-order valence-electron chi connectivity index (χ0n) is 12.4. The number of likely N-dealkylation sites (tertiary alicyclic amines) is 1. The summed E-state index contributed by atoms with van der Waals surface area (Å²) in [5.41, 5.74) is -0.995. The molecule has 0 aromatic carbocycles. The van der Waals surface area contributed by atoms with E-state index >= 15 is 0 Å². The number of rotatable bonds is 5. The third-order valence-electron chi connectivity index (χ3n) is 4.28. The van der Waals surface area contributed by atoms with Crippen LogP contribution in [0, 0.1) is 11.3 Å². The molecule has 5 nitrogen and oxygen atoms in total. The molecule has 0 aromatic heterocycles. The molecular weight excluding hydrogens is 244 g/mol. The van der Waals surface area contributed by atoms with Crippen LogP contribution in [0.5, 0.6) is 0 Å². The number of carboxylic acids is 1. The van der Waals surface area contributed by atoms with E-state index in [-0.39, 0.29) is 24.3 Å². The van der Waals surface area contributed by atoms with Gasteiger partial charge in [-0.3, -0.25) is 9.59 Å². The van der Waals surface area contributed by atoms with Crippen LogP contribution in [-0.4, -0.2) is 48.1 Å². The molecule has 5 heteroatoms. The van der Waals surface area contributed by atoms with E-state index < -0.39 is 11.4 Å². The minimum absolute atomic E-state index is 0.0419. The highest BCUT2D eigenvalue weighted by molar-refractivity contribution is 5.85. The number of likely N-dealkylation sites (N-methyl/N-ethyl adjacent to an activating group) is 1. The maximum atomic E-state index is 12.0. The molecule has 0 bridgehead atoms. The smallest absolute Gasteiger partial charge is 0.310 e. The van der Waals surface area contributed by atoms with Crippen LogP contribution in [0.4, 0.5) is 0 Å². The van der Waals surface area contributed by atoms with E-state index in [1.165, 1.54) is 0 Å². The summed E-state index contributed by atoms with van der Waals surface area (Å²) in [7, 11) is 2.04. The normalized spacial score (nSPS) is 23.9. The molecule has 1 aliphatic rings. The molecule has 2 unspecified atom stereocenters. The molecule has 1 aliphatic heterocycles. The van der Waals surface area contributed by atoms with E-state index in [1.807, 2.05) is 20.9 Å². The van der Waals surface area contributed by atoms with Crippen molar-refractivity contribution in [1.82, 2.24) is 10.2 Å². The van der Waals surface area contributed by atoms with Gasteiger partial charge < -0.3 is 15.3 Å². The number of aliphatic carboxylic acids is 1. The van der Waals surface area contributed by atoms with Gasteiger partial charge in [0.1, 0.15) is 0 Å². The zero-order valence-corrected chi connectivity index (χ0v) is 12.4. The number of nitrogens with one attached hydrogen (secondary N) is 1. The van der Waals surface area contributed by atoms with Crippen molar-refractivity contribution >= 4 is 11.9 Å². The van der Waals surface area contributed by atoms with Gasteiger partial charge in [0, 0.05) is 19.0 Å². The topological polar surface area (TPSA) is 69.6 Å². The Morgan fingerprint density at radius 1 is 1.47 bits per heavy atom. The third kappa shape index (κ3) is 4.20. The lowest BCUT2D eigenvalue weighted by Gasteiger charge is -2.32. The van der Waals surface area contributed by atoms with Gasteiger partial charge in [0.15, 0.2) is 0 Å². The van der Waals surface area contributed by atoms with Crippen molar-refractivity contribution in [2.45, 2.75) is 46.1 Å². The largest absolute Gasteiger partial charge is 0.481 e. The minimum atomic E-state index is -0.995. The fourth-order valence-electron chi connectivity index (χ4n) is 2.42. The van der Waals surface area contributed by atoms with Crippen molar-refractivity contribution in [3.8, 4) is 0 Å². The minimum Gasteiger partial charge on any atom is -0.481 e. The number of hydrogen-bond donors (Lipinski definition) is 2. The number of nitrogens with zero attached hydrogens (tertiary/aromatic N) is 1. The predicted molar refractivity (Wildman–Crippen MR) is 73.9 cm³/mol. The Morgan fingerprint density at radius 2 is 2.11 bits per heavy atom. The Balaban J connectivity index is 2.56. The molecule has 1 amide bonds. The standard InChI is InChI=1S/C14H26N2O3/c1-10(2)14(3,13(18)19)8-12(17)15-11-6-5-7-16(4)9-11/h10-11H,5-9H2,1-4H3,(H,15,17)(H,18,19). The number of amides is 1. The quantitative estimate of drug-likeness (QED) is 0.791. The molecule has 19 heavy (non-hydrogen) atoms. The van der Waals surface area contributed by atoms with Crippen molar-refractivity contribution in [1.29, 1.82) is 0 Å². The molecule has 2 N–H and O–H groups in total. The second-order valence-electron chi connectivity index (χ2n) is 6.22. The molecule has 2 atom stereocenters. The van der Waals surface area contributed by atoms with Crippen LogP contribution in [-0.2, 0) is 9.59 Å². The van der Waals surface area contributed by atoms with Crippen LogP contribution in [0.25, 0.3) is 0 Å². The molecule has 0 radical (unpaired) electrons. The fraction of sp³-hybridized carbons (Fsp3) is 0.857. The van der Waals surface area contributed by atoms with Gasteiger partial charge in [-0.25, -0.2) is 0 Å². The molecule has 1 heterocycles. The Kier molecular flexibility index (Phi) is 5.35. The Labute approximate surface area is 115 Å². The van der Waals surface area contributed by atoms with Gasteiger partial charge in [-0.15, -0.1) is 0 Å². The summed E-state index contributed by atoms with van der Waals surface area (Å²) in [4.78, 5) is 25.6. The first-order valence-electron chi connectivity index (χ1n) is 6.97. The van der Waals surface area contributed by atoms with Gasteiger partial charge in [-0.05, 0) is 39.3 Å². The van der Waals surface area contributed by atoms with Crippen LogP contribution in [0.3, 0.4) is 0 Å². The Hall–Kier alpha value is -1.10. The van der Waals surface area contributed by atoms with Gasteiger partial charge in [-0.2, -0.15) is 0 Å². The molecule has 0 aliphatic carbocycles. The molecule has 1 saturated heterocycles. The highest BCUT2D eigenvalue weighted by atomic mass is 16.4. The van der Waals surface area contributed by atoms with Crippen molar-refractivity contribution < 1.29 is 14.7 Å². The second-order valence-corrected chi connectivity index (χ2v) is 6.22. The van der Waals surface area contributed by atoms with Crippen LogP contribution < -0.4 is 5.32 Å². The van der Waals surface area contributed by atoms with Gasteiger partial charge in [-0.1, -0.05) is 13.8 Å². The summed E-state index contributed by atoms with van der Waals surface area (Å²) >= 11 is 0. The molecule has 1 rings (SSSR count). The summed E-state index contributed by atoms with van der Waals surface area (Å²) in [6.07, 6.45) is 2.09. The van der Waals surface area contributed by atoms with E-state index in [1.54, 1.807) is 6.92 Å². The average molecular weight is 270 g/mol. The zero-order chi connectivity index (χ0) is 14.6. The predicted octanol–water partition coefficient (Wildman–Crippen LogP) is 1.33. The van der Waals surface area contributed by atoms with Crippen LogP contribution in [0.2, 0.25) is 0 Å². The first-order valence-corrected chi connectivity index (χ1v) is 6.97. The maximum absolute atomic E-state index is 12.0. The summed E-state index contributed by atoms with van der Waals surface area (Å²) < 4.78 is 0. The molecule has 0 saturated carbocycles. The fourth-order valence-corrected chi connectivity index (χ4v) is 2.42. The van der Waals surface area contributed by atoms with Crippen molar-refractivity contribution in [3.05, 3.63) is 0 Å². The molecular formula is C14H26N2O3. The van der Waals surface area contributed by atoms with Crippen LogP contribution >= 0.6 is 0 Å². The van der Waals surface area contributed by atoms with Crippen molar-refractivity contribution in [2.75, 3.05) is 20.1 Å². The van der Waals surface area contributed by atoms with Gasteiger partial charge in [0.2, 0.25) is 5.91 Å². The van der Waals surface area contributed by atoms with E-state index in [2.05, 4.69) is 10.2 Å². The van der Waals surface area contributed by atoms with Gasteiger partial charge in [0.25, 0.3) is 0 Å². The number of hydrogen-bond acceptors (Lipinski definition) is 3. The SMILES string of the molecule is CC(C)C(C)(CC(=O)NC1CCCN(C)C1)C(=O)O. The molecule has 0 aromatic rings. The Morgan fingerprint density at radius 3 is 2.58 bits per heavy atom. The Bertz CT molecular complexity index is 344. The lowest BCUT2D eigenvalue weighted by Crippen LogP contribution is -2.48. The lowest BCUT2D eigenvalue weighted by molar-refractivity contribution is -0.153. The molecule has 110 valence electrons. The van der Waals surface area contributed by atoms with Crippen LogP contribution in [0.1, 0.15) is 40.0 Å². The highest BCUT2D eigenvalue weighted by Gasteiger charge is 2.39. The highest BCUT2D eigenvalue weighted by Crippen LogP contribution is 2.31. The van der Waals surface area contributed by atoms with Gasteiger partial charge >= 0.3 is 5.97 Å².